The minimum Gasteiger partial charge on any atom is -0.497 e. The molecule has 1 N–H and O–H groups in total. The van der Waals surface area contributed by atoms with Crippen LogP contribution >= 0.6 is 0 Å². The monoisotopic (exact) mass is 249 g/mol. The number of benzene rings is 1. The second kappa shape index (κ2) is 6.10. The van der Waals surface area contributed by atoms with Gasteiger partial charge in [-0.15, -0.1) is 0 Å². The first-order chi connectivity index (χ1) is 8.71. The number of ether oxygens (including phenoxy) is 2. The van der Waals surface area contributed by atoms with Crippen LogP contribution in [0.15, 0.2) is 18.2 Å². The molecule has 2 atom stereocenters. The average Bonchev–Trinajstić information content (AvgIpc) is 2.81. The fraction of sp³-hybridized carbons (Fsp3) is 0.600. The van der Waals surface area contributed by atoms with Crippen molar-refractivity contribution in [3.05, 3.63) is 23.8 Å². The molecule has 0 unspecified atom stereocenters. The Hall–Kier alpha value is -1.22. The number of hydrogen-bond acceptors (Lipinski definition) is 3. The molecule has 0 amide bonds. The zero-order valence-electron chi connectivity index (χ0n) is 11.5. The molecule has 0 saturated heterocycles. The zero-order valence-corrected chi connectivity index (χ0v) is 11.5. The minimum atomic E-state index is 0.664. The first kappa shape index (κ1) is 13.2. The van der Waals surface area contributed by atoms with Crippen LogP contribution in [0.4, 0.5) is 0 Å². The largest absolute Gasteiger partial charge is 0.497 e. The summed E-state index contributed by atoms with van der Waals surface area (Å²) >= 11 is 0. The van der Waals surface area contributed by atoms with Gasteiger partial charge in [-0.05, 0) is 42.9 Å². The van der Waals surface area contributed by atoms with Crippen molar-refractivity contribution < 1.29 is 9.47 Å². The van der Waals surface area contributed by atoms with E-state index in [2.05, 4.69) is 24.4 Å². The molecule has 1 aromatic rings. The van der Waals surface area contributed by atoms with E-state index >= 15 is 0 Å². The number of nitrogens with one attached hydrogen (secondary N) is 1. The maximum Gasteiger partial charge on any atom is 0.122 e. The van der Waals surface area contributed by atoms with Crippen LogP contribution in [0.2, 0.25) is 0 Å². The lowest BCUT2D eigenvalue weighted by atomic mass is 10.1. The third kappa shape index (κ3) is 3.39. The fourth-order valence-electron chi connectivity index (χ4n) is 2.62. The number of rotatable bonds is 5. The van der Waals surface area contributed by atoms with Gasteiger partial charge in [-0.2, -0.15) is 0 Å². The van der Waals surface area contributed by atoms with E-state index < -0.39 is 0 Å². The van der Waals surface area contributed by atoms with Crippen molar-refractivity contribution in [3.63, 3.8) is 0 Å². The highest BCUT2D eigenvalue weighted by Gasteiger charge is 2.20. The molecule has 1 saturated carbocycles. The van der Waals surface area contributed by atoms with E-state index in [1.54, 1.807) is 14.2 Å². The molecule has 1 aliphatic carbocycles. The molecule has 2 rings (SSSR count). The summed E-state index contributed by atoms with van der Waals surface area (Å²) in [7, 11) is 3.37. The maximum atomic E-state index is 5.28. The van der Waals surface area contributed by atoms with Crippen molar-refractivity contribution in [2.24, 2.45) is 5.92 Å². The molecule has 0 spiro atoms. The summed E-state index contributed by atoms with van der Waals surface area (Å²) in [4.78, 5) is 0. The smallest absolute Gasteiger partial charge is 0.122 e. The highest BCUT2D eigenvalue weighted by atomic mass is 16.5. The Balaban J connectivity index is 1.95. The Morgan fingerprint density at radius 1 is 1.11 bits per heavy atom. The molecule has 100 valence electrons. The lowest BCUT2D eigenvalue weighted by Gasteiger charge is -2.14. The van der Waals surface area contributed by atoms with Crippen molar-refractivity contribution in [1.82, 2.24) is 5.32 Å². The second-order valence-corrected chi connectivity index (χ2v) is 5.22. The molecule has 0 aliphatic heterocycles. The van der Waals surface area contributed by atoms with Gasteiger partial charge in [0.2, 0.25) is 0 Å². The quantitative estimate of drug-likeness (QED) is 0.870. The minimum absolute atomic E-state index is 0.664. The Morgan fingerprint density at radius 2 is 1.78 bits per heavy atom. The molecule has 1 aliphatic rings. The highest BCUT2D eigenvalue weighted by molar-refractivity contribution is 5.38. The van der Waals surface area contributed by atoms with Gasteiger partial charge in [-0.1, -0.05) is 6.92 Å². The van der Waals surface area contributed by atoms with Crippen LogP contribution < -0.4 is 14.8 Å². The van der Waals surface area contributed by atoms with Crippen molar-refractivity contribution in [2.45, 2.75) is 38.8 Å². The van der Waals surface area contributed by atoms with E-state index in [1.165, 1.54) is 24.8 Å². The first-order valence-electron chi connectivity index (χ1n) is 6.66. The Kier molecular flexibility index (Phi) is 4.48. The topological polar surface area (TPSA) is 30.5 Å². The summed E-state index contributed by atoms with van der Waals surface area (Å²) in [5.74, 6) is 2.57. The average molecular weight is 249 g/mol. The summed E-state index contributed by atoms with van der Waals surface area (Å²) in [6.07, 6.45) is 3.93. The van der Waals surface area contributed by atoms with Crippen molar-refractivity contribution in [2.75, 3.05) is 14.2 Å². The Bertz CT molecular complexity index is 370. The fourth-order valence-corrected chi connectivity index (χ4v) is 2.62. The third-order valence-corrected chi connectivity index (χ3v) is 3.70. The lowest BCUT2D eigenvalue weighted by Crippen LogP contribution is -2.25. The van der Waals surface area contributed by atoms with Crippen molar-refractivity contribution in [1.29, 1.82) is 0 Å². The molecule has 3 heteroatoms. The third-order valence-electron chi connectivity index (χ3n) is 3.70. The molecule has 0 radical (unpaired) electrons. The van der Waals surface area contributed by atoms with Gasteiger partial charge in [0.15, 0.2) is 0 Å². The first-order valence-corrected chi connectivity index (χ1v) is 6.66. The van der Waals surface area contributed by atoms with Crippen LogP contribution in [-0.4, -0.2) is 20.3 Å². The van der Waals surface area contributed by atoms with E-state index in [0.29, 0.717) is 6.04 Å². The van der Waals surface area contributed by atoms with E-state index in [-0.39, 0.29) is 0 Å². The van der Waals surface area contributed by atoms with Gasteiger partial charge in [0.25, 0.3) is 0 Å². The Labute approximate surface area is 109 Å². The Morgan fingerprint density at radius 3 is 2.28 bits per heavy atom. The lowest BCUT2D eigenvalue weighted by molar-refractivity contribution is 0.392. The molecule has 1 aromatic carbocycles. The van der Waals surface area contributed by atoms with Gasteiger partial charge in [0, 0.05) is 18.7 Å². The molecule has 3 nitrogen and oxygen atoms in total. The molecule has 0 aromatic heterocycles. The van der Waals surface area contributed by atoms with E-state index in [4.69, 9.17) is 9.47 Å². The summed E-state index contributed by atoms with van der Waals surface area (Å²) in [6, 6.07) is 6.69. The molecular weight excluding hydrogens is 226 g/mol. The van der Waals surface area contributed by atoms with Crippen molar-refractivity contribution in [3.8, 4) is 11.5 Å². The molecule has 18 heavy (non-hydrogen) atoms. The van der Waals surface area contributed by atoms with Crippen LogP contribution in [0.25, 0.3) is 0 Å². The predicted octanol–water partition coefficient (Wildman–Crippen LogP) is 2.98. The number of hydrogen-bond donors (Lipinski definition) is 1. The van der Waals surface area contributed by atoms with Gasteiger partial charge in [-0.25, -0.2) is 0 Å². The van der Waals surface area contributed by atoms with Crippen LogP contribution in [0.1, 0.15) is 31.7 Å². The van der Waals surface area contributed by atoms with E-state index in [9.17, 15) is 0 Å². The van der Waals surface area contributed by atoms with Crippen molar-refractivity contribution >= 4 is 0 Å². The van der Waals surface area contributed by atoms with Crippen LogP contribution in [-0.2, 0) is 6.54 Å². The second-order valence-electron chi connectivity index (χ2n) is 5.22. The van der Waals surface area contributed by atoms with Crippen LogP contribution in [0, 0.1) is 5.92 Å². The standard InChI is InChI=1S/C15H23NO2/c1-11-4-5-13(6-11)16-10-12-7-14(17-2)9-15(8-12)18-3/h7-9,11,13,16H,4-6,10H2,1-3H3/t11-,13-/m1/s1. The summed E-state index contributed by atoms with van der Waals surface area (Å²) in [6.45, 7) is 3.21. The highest BCUT2D eigenvalue weighted by Crippen LogP contribution is 2.26. The van der Waals surface area contributed by atoms with E-state index in [1.807, 2.05) is 6.07 Å². The van der Waals surface area contributed by atoms with Gasteiger partial charge in [0.05, 0.1) is 14.2 Å². The molecular formula is C15H23NO2. The van der Waals surface area contributed by atoms with Crippen LogP contribution in [0.5, 0.6) is 11.5 Å². The number of methoxy groups -OCH3 is 2. The predicted molar refractivity (Wildman–Crippen MR) is 73.2 cm³/mol. The summed E-state index contributed by atoms with van der Waals surface area (Å²) < 4.78 is 10.6. The molecule has 1 fully saturated rings. The molecule has 0 bridgehead atoms. The van der Waals surface area contributed by atoms with Gasteiger partial charge in [0.1, 0.15) is 11.5 Å². The van der Waals surface area contributed by atoms with E-state index in [0.717, 1.165) is 24.0 Å². The van der Waals surface area contributed by atoms with Gasteiger partial charge < -0.3 is 14.8 Å². The summed E-state index contributed by atoms with van der Waals surface area (Å²) in [5.41, 5.74) is 1.21. The SMILES string of the molecule is COc1cc(CN[C@@H]2CC[C@@H](C)C2)cc(OC)c1. The normalized spacial score (nSPS) is 23.1. The van der Waals surface area contributed by atoms with Gasteiger partial charge in [-0.3, -0.25) is 0 Å². The zero-order chi connectivity index (χ0) is 13.0. The van der Waals surface area contributed by atoms with Gasteiger partial charge >= 0.3 is 0 Å². The van der Waals surface area contributed by atoms with Crippen LogP contribution in [0.3, 0.4) is 0 Å². The maximum absolute atomic E-state index is 5.28. The molecule has 0 heterocycles. The summed E-state index contributed by atoms with van der Waals surface area (Å²) in [5, 5.41) is 3.62.